The first-order chi connectivity index (χ1) is 6.24. The molecule has 0 spiro atoms. The molecule has 0 saturated carbocycles. The Morgan fingerprint density at radius 3 is 2.46 bits per heavy atom. The maximum absolute atomic E-state index is 9.41. The Morgan fingerprint density at radius 2 is 1.92 bits per heavy atom. The minimum atomic E-state index is -0.282. The highest BCUT2D eigenvalue weighted by Crippen LogP contribution is 2.16. The van der Waals surface area contributed by atoms with Crippen molar-refractivity contribution in [3.63, 3.8) is 0 Å². The van der Waals surface area contributed by atoms with Gasteiger partial charge in [0.1, 0.15) is 0 Å². The molecule has 0 aliphatic carbocycles. The SMILES string of the molecule is CC[C@H](O)C[C@@H](N)c1ccccc1. The third-order valence-corrected chi connectivity index (χ3v) is 2.22. The molecule has 0 heterocycles. The predicted molar refractivity (Wildman–Crippen MR) is 54.3 cm³/mol. The summed E-state index contributed by atoms with van der Waals surface area (Å²) in [5, 5.41) is 9.41. The van der Waals surface area contributed by atoms with Crippen LogP contribution in [0.2, 0.25) is 0 Å². The Labute approximate surface area is 79.4 Å². The van der Waals surface area contributed by atoms with Gasteiger partial charge in [0.25, 0.3) is 0 Å². The van der Waals surface area contributed by atoms with E-state index in [1.54, 1.807) is 0 Å². The topological polar surface area (TPSA) is 46.2 Å². The molecule has 0 bridgehead atoms. The summed E-state index contributed by atoms with van der Waals surface area (Å²) < 4.78 is 0. The molecular formula is C11H17NO. The summed E-state index contributed by atoms with van der Waals surface area (Å²) in [4.78, 5) is 0. The summed E-state index contributed by atoms with van der Waals surface area (Å²) in [5.41, 5.74) is 7.00. The van der Waals surface area contributed by atoms with Gasteiger partial charge in [-0.05, 0) is 18.4 Å². The molecule has 2 heteroatoms. The van der Waals surface area contributed by atoms with Crippen molar-refractivity contribution in [2.75, 3.05) is 0 Å². The molecule has 1 rings (SSSR count). The van der Waals surface area contributed by atoms with E-state index in [4.69, 9.17) is 5.73 Å². The molecule has 0 fully saturated rings. The van der Waals surface area contributed by atoms with Crippen LogP contribution in [0.4, 0.5) is 0 Å². The van der Waals surface area contributed by atoms with Crippen LogP contribution in [0.25, 0.3) is 0 Å². The zero-order chi connectivity index (χ0) is 9.68. The number of rotatable bonds is 4. The van der Waals surface area contributed by atoms with Crippen LogP contribution in [0.15, 0.2) is 30.3 Å². The number of aliphatic hydroxyl groups excluding tert-OH is 1. The summed E-state index contributed by atoms with van der Waals surface area (Å²) in [5.74, 6) is 0. The van der Waals surface area contributed by atoms with Crippen LogP contribution in [0, 0.1) is 0 Å². The van der Waals surface area contributed by atoms with Gasteiger partial charge < -0.3 is 10.8 Å². The molecule has 13 heavy (non-hydrogen) atoms. The first kappa shape index (κ1) is 10.2. The van der Waals surface area contributed by atoms with E-state index in [1.807, 2.05) is 37.3 Å². The molecule has 0 amide bonds. The fourth-order valence-corrected chi connectivity index (χ4v) is 1.30. The summed E-state index contributed by atoms with van der Waals surface area (Å²) in [6, 6.07) is 9.84. The van der Waals surface area contributed by atoms with Gasteiger partial charge in [0, 0.05) is 6.04 Å². The second-order valence-electron chi connectivity index (χ2n) is 3.31. The van der Waals surface area contributed by atoms with Crippen LogP contribution in [0.1, 0.15) is 31.4 Å². The fraction of sp³-hybridized carbons (Fsp3) is 0.455. The Balaban J connectivity index is 2.53. The van der Waals surface area contributed by atoms with Gasteiger partial charge in [-0.3, -0.25) is 0 Å². The average molecular weight is 179 g/mol. The molecule has 0 aromatic heterocycles. The molecule has 2 atom stereocenters. The lowest BCUT2D eigenvalue weighted by Crippen LogP contribution is -2.17. The minimum absolute atomic E-state index is 0.0452. The molecule has 2 nitrogen and oxygen atoms in total. The lowest BCUT2D eigenvalue weighted by molar-refractivity contribution is 0.151. The van der Waals surface area contributed by atoms with E-state index in [0.29, 0.717) is 6.42 Å². The third kappa shape index (κ3) is 3.17. The van der Waals surface area contributed by atoms with Gasteiger partial charge in [-0.2, -0.15) is 0 Å². The first-order valence-electron chi connectivity index (χ1n) is 4.72. The molecule has 0 unspecified atom stereocenters. The lowest BCUT2D eigenvalue weighted by atomic mass is 10.0. The zero-order valence-corrected chi connectivity index (χ0v) is 7.98. The van der Waals surface area contributed by atoms with Crippen molar-refractivity contribution in [2.45, 2.75) is 31.9 Å². The van der Waals surface area contributed by atoms with Gasteiger partial charge in [-0.25, -0.2) is 0 Å². The van der Waals surface area contributed by atoms with Crippen LogP contribution in [-0.4, -0.2) is 11.2 Å². The Kier molecular flexibility index (Phi) is 3.93. The first-order valence-corrected chi connectivity index (χ1v) is 4.72. The number of nitrogens with two attached hydrogens (primary N) is 1. The van der Waals surface area contributed by atoms with Crippen molar-refractivity contribution in [3.8, 4) is 0 Å². The summed E-state index contributed by atoms with van der Waals surface area (Å²) >= 11 is 0. The maximum atomic E-state index is 9.41. The molecule has 3 N–H and O–H groups in total. The van der Waals surface area contributed by atoms with E-state index in [9.17, 15) is 5.11 Å². The van der Waals surface area contributed by atoms with Crippen molar-refractivity contribution in [1.82, 2.24) is 0 Å². The monoisotopic (exact) mass is 179 g/mol. The van der Waals surface area contributed by atoms with Crippen molar-refractivity contribution in [3.05, 3.63) is 35.9 Å². The van der Waals surface area contributed by atoms with Crippen LogP contribution in [-0.2, 0) is 0 Å². The van der Waals surface area contributed by atoms with Gasteiger partial charge in [0.05, 0.1) is 6.10 Å². The van der Waals surface area contributed by atoms with Gasteiger partial charge >= 0.3 is 0 Å². The lowest BCUT2D eigenvalue weighted by Gasteiger charge is -2.15. The normalized spacial score (nSPS) is 15.3. The van der Waals surface area contributed by atoms with Crippen LogP contribution < -0.4 is 5.73 Å². The standard InChI is InChI=1S/C11H17NO/c1-2-10(13)8-11(12)9-6-4-3-5-7-9/h3-7,10-11,13H,2,8,12H2,1H3/t10-,11+/m0/s1. The summed E-state index contributed by atoms with van der Waals surface area (Å²) in [6.45, 7) is 1.96. The molecule has 1 aromatic carbocycles. The number of aliphatic hydroxyl groups is 1. The number of hydrogen-bond acceptors (Lipinski definition) is 2. The van der Waals surface area contributed by atoms with E-state index in [-0.39, 0.29) is 12.1 Å². The Morgan fingerprint density at radius 1 is 1.31 bits per heavy atom. The quantitative estimate of drug-likeness (QED) is 0.741. The molecule has 0 radical (unpaired) electrons. The van der Waals surface area contributed by atoms with Crippen LogP contribution >= 0.6 is 0 Å². The second kappa shape index (κ2) is 5.00. The third-order valence-electron chi connectivity index (χ3n) is 2.22. The van der Waals surface area contributed by atoms with Crippen LogP contribution in [0.5, 0.6) is 0 Å². The van der Waals surface area contributed by atoms with E-state index in [1.165, 1.54) is 0 Å². The van der Waals surface area contributed by atoms with Crippen molar-refractivity contribution >= 4 is 0 Å². The molecule has 0 aliphatic heterocycles. The number of benzene rings is 1. The molecule has 1 aromatic rings. The van der Waals surface area contributed by atoms with E-state index < -0.39 is 0 Å². The largest absolute Gasteiger partial charge is 0.393 e. The highest BCUT2D eigenvalue weighted by atomic mass is 16.3. The second-order valence-corrected chi connectivity index (χ2v) is 3.31. The highest BCUT2D eigenvalue weighted by molar-refractivity contribution is 5.18. The summed E-state index contributed by atoms with van der Waals surface area (Å²) in [7, 11) is 0. The fourth-order valence-electron chi connectivity index (χ4n) is 1.30. The molecule has 72 valence electrons. The van der Waals surface area contributed by atoms with E-state index >= 15 is 0 Å². The average Bonchev–Trinajstić information content (AvgIpc) is 2.19. The Hall–Kier alpha value is -0.860. The zero-order valence-electron chi connectivity index (χ0n) is 7.98. The van der Waals surface area contributed by atoms with Crippen LogP contribution in [0.3, 0.4) is 0 Å². The molecular weight excluding hydrogens is 162 g/mol. The highest BCUT2D eigenvalue weighted by Gasteiger charge is 2.09. The summed E-state index contributed by atoms with van der Waals surface area (Å²) in [6.07, 6.45) is 1.12. The molecule has 0 saturated heterocycles. The van der Waals surface area contributed by atoms with Crippen molar-refractivity contribution < 1.29 is 5.11 Å². The molecule has 0 aliphatic rings. The van der Waals surface area contributed by atoms with E-state index in [0.717, 1.165) is 12.0 Å². The van der Waals surface area contributed by atoms with Gasteiger partial charge in [-0.15, -0.1) is 0 Å². The smallest absolute Gasteiger partial charge is 0.0555 e. The van der Waals surface area contributed by atoms with E-state index in [2.05, 4.69) is 0 Å². The van der Waals surface area contributed by atoms with Crippen molar-refractivity contribution in [1.29, 1.82) is 0 Å². The maximum Gasteiger partial charge on any atom is 0.0555 e. The van der Waals surface area contributed by atoms with Crippen molar-refractivity contribution in [2.24, 2.45) is 5.73 Å². The van der Waals surface area contributed by atoms with Gasteiger partial charge in [0.2, 0.25) is 0 Å². The van der Waals surface area contributed by atoms with Gasteiger partial charge in [-0.1, -0.05) is 37.3 Å². The predicted octanol–water partition coefficient (Wildman–Crippen LogP) is 1.85. The Bertz CT molecular complexity index is 235. The van der Waals surface area contributed by atoms with Gasteiger partial charge in [0.15, 0.2) is 0 Å². The minimum Gasteiger partial charge on any atom is -0.393 e. The number of hydrogen-bond donors (Lipinski definition) is 2.